The van der Waals surface area contributed by atoms with Gasteiger partial charge < -0.3 is 10.4 Å². The van der Waals surface area contributed by atoms with E-state index in [1.807, 2.05) is 13.8 Å². The normalized spacial score (nSPS) is 10.4. The van der Waals surface area contributed by atoms with Crippen LogP contribution in [0.1, 0.15) is 32.7 Å². The molecule has 0 aromatic carbocycles. The number of carboxylic acids is 1. The lowest BCUT2D eigenvalue weighted by atomic mass is 10.3. The van der Waals surface area contributed by atoms with Crippen molar-refractivity contribution in [3.05, 3.63) is 12.4 Å². The van der Waals surface area contributed by atoms with Gasteiger partial charge >= 0.3 is 5.97 Å². The van der Waals surface area contributed by atoms with Crippen LogP contribution in [0.4, 0.5) is 5.69 Å². The molecule has 1 aromatic heterocycles. The van der Waals surface area contributed by atoms with Crippen LogP contribution in [0.5, 0.6) is 0 Å². The Labute approximate surface area is 93.3 Å². The maximum absolute atomic E-state index is 11.3. The molecule has 1 heterocycles. The van der Waals surface area contributed by atoms with Crippen molar-refractivity contribution < 1.29 is 14.7 Å². The van der Waals surface area contributed by atoms with E-state index in [9.17, 15) is 9.59 Å². The number of aliphatic carboxylic acids is 1. The fraction of sp³-hybridized carbons (Fsp3) is 0.500. The molecule has 0 saturated heterocycles. The topological polar surface area (TPSA) is 84.2 Å². The Bertz CT molecular complexity index is 384. The van der Waals surface area contributed by atoms with Gasteiger partial charge in [-0.15, -0.1) is 0 Å². The van der Waals surface area contributed by atoms with Gasteiger partial charge in [-0.05, 0) is 13.8 Å². The zero-order chi connectivity index (χ0) is 12.1. The SMILES string of the molecule is CC(C)n1cc(NC(=O)CCC(=O)O)cn1. The second kappa shape index (κ2) is 5.29. The number of carbonyl (C=O) groups excluding carboxylic acids is 1. The van der Waals surface area contributed by atoms with Crippen molar-refractivity contribution in [2.45, 2.75) is 32.7 Å². The predicted molar refractivity (Wildman–Crippen MR) is 58.1 cm³/mol. The molecule has 0 atom stereocenters. The van der Waals surface area contributed by atoms with E-state index in [1.165, 1.54) is 0 Å². The van der Waals surface area contributed by atoms with E-state index in [1.54, 1.807) is 17.1 Å². The third-order valence-corrected chi connectivity index (χ3v) is 1.98. The first-order valence-corrected chi connectivity index (χ1v) is 5.05. The summed E-state index contributed by atoms with van der Waals surface area (Å²) in [7, 11) is 0. The van der Waals surface area contributed by atoms with Gasteiger partial charge in [-0.25, -0.2) is 0 Å². The first-order chi connectivity index (χ1) is 7.49. The summed E-state index contributed by atoms with van der Waals surface area (Å²) in [4.78, 5) is 21.5. The van der Waals surface area contributed by atoms with Crippen LogP contribution in [-0.2, 0) is 9.59 Å². The van der Waals surface area contributed by atoms with Crippen molar-refractivity contribution in [1.82, 2.24) is 9.78 Å². The summed E-state index contributed by atoms with van der Waals surface area (Å²) < 4.78 is 1.72. The van der Waals surface area contributed by atoms with Crippen LogP contribution in [0.2, 0.25) is 0 Å². The highest BCUT2D eigenvalue weighted by Gasteiger charge is 2.07. The number of anilines is 1. The maximum Gasteiger partial charge on any atom is 0.303 e. The Morgan fingerprint density at radius 3 is 2.69 bits per heavy atom. The van der Waals surface area contributed by atoms with Gasteiger partial charge in [0.05, 0.1) is 18.3 Å². The van der Waals surface area contributed by atoms with Gasteiger partial charge in [0.15, 0.2) is 0 Å². The van der Waals surface area contributed by atoms with Crippen molar-refractivity contribution in [3.8, 4) is 0 Å². The Balaban J connectivity index is 2.46. The monoisotopic (exact) mass is 225 g/mol. The molecule has 1 aromatic rings. The van der Waals surface area contributed by atoms with Crippen LogP contribution < -0.4 is 5.32 Å². The van der Waals surface area contributed by atoms with Crippen LogP contribution in [0.15, 0.2) is 12.4 Å². The van der Waals surface area contributed by atoms with Gasteiger partial charge in [0.2, 0.25) is 5.91 Å². The number of carbonyl (C=O) groups is 2. The minimum absolute atomic E-state index is 0.0256. The van der Waals surface area contributed by atoms with E-state index in [0.29, 0.717) is 5.69 Å². The molecule has 1 rings (SSSR count). The fourth-order valence-corrected chi connectivity index (χ4v) is 1.13. The molecule has 0 aliphatic heterocycles. The minimum Gasteiger partial charge on any atom is -0.481 e. The Hall–Kier alpha value is -1.85. The van der Waals surface area contributed by atoms with Crippen LogP contribution in [0.25, 0.3) is 0 Å². The lowest BCUT2D eigenvalue weighted by Gasteiger charge is -2.03. The molecule has 0 aliphatic rings. The van der Waals surface area contributed by atoms with Crippen LogP contribution in [0, 0.1) is 0 Å². The zero-order valence-electron chi connectivity index (χ0n) is 9.30. The summed E-state index contributed by atoms with van der Waals surface area (Å²) in [6.07, 6.45) is 3.06. The molecule has 88 valence electrons. The highest BCUT2D eigenvalue weighted by Crippen LogP contribution is 2.10. The number of aromatic nitrogens is 2. The lowest BCUT2D eigenvalue weighted by molar-refractivity contribution is -0.138. The number of carboxylic acid groups (broad SMARTS) is 1. The van der Waals surface area contributed by atoms with E-state index in [0.717, 1.165) is 0 Å². The molecule has 6 nitrogen and oxygen atoms in total. The predicted octanol–water partition coefficient (Wildman–Crippen LogP) is 1.27. The smallest absolute Gasteiger partial charge is 0.303 e. The van der Waals surface area contributed by atoms with Crippen molar-refractivity contribution in [3.63, 3.8) is 0 Å². The number of hydrogen-bond acceptors (Lipinski definition) is 3. The average Bonchev–Trinajstić information content (AvgIpc) is 2.63. The van der Waals surface area contributed by atoms with E-state index in [-0.39, 0.29) is 24.8 Å². The summed E-state index contributed by atoms with van der Waals surface area (Å²) in [5, 5.41) is 15.0. The molecule has 1 amide bonds. The quantitative estimate of drug-likeness (QED) is 0.790. The summed E-state index contributed by atoms with van der Waals surface area (Å²) in [5.74, 6) is -1.29. The molecule has 2 N–H and O–H groups in total. The van der Waals surface area contributed by atoms with E-state index < -0.39 is 5.97 Å². The van der Waals surface area contributed by atoms with Crippen molar-refractivity contribution >= 4 is 17.6 Å². The first kappa shape index (κ1) is 12.2. The first-order valence-electron chi connectivity index (χ1n) is 5.05. The molecule has 0 bridgehead atoms. The Morgan fingerprint density at radius 1 is 1.50 bits per heavy atom. The highest BCUT2D eigenvalue weighted by atomic mass is 16.4. The summed E-state index contributed by atoms with van der Waals surface area (Å²) in [6.45, 7) is 3.95. The molecule has 6 heteroatoms. The third kappa shape index (κ3) is 3.72. The molecule has 0 radical (unpaired) electrons. The number of nitrogens with zero attached hydrogens (tertiary/aromatic N) is 2. The zero-order valence-corrected chi connectivity index (χ0v) is 9.30. The van der Waals surface area contributed by atoms with Crippen molar-refractivity contribution in [1.29, 1.82) is 0 Å². The number of rotatable bonds is 5. The summed E-state index contributed by atoms with van der Waals surface area (Å²) in [5.41, 5.74) is 0.587. The van der Waals surface area contributed by atoms with Gasteiger partial charge in [-0.1, -0.05) is 0 Å². The van der Waals surface area contributed by atoms with Crippen LogP contribution >= 0.6 is 0 Å². The molecule has 16 heavy (non-hydrogen) atoms. The number of nitrogens with one attached hydrogen (secondary N) is 1. The fourth-order valence-electron chi connectivity index (χ4n) is 1.13. The van der Waals surface area contributed by atoms with Gasteiger partial charge in [0.1, 0.15) is 0 Å². The number of hydrogen-bond donors (Lipinski definition) is 2. The molecular formula is C10H15N3O3. The minimum atomic E-state index is -0.979. The van der Waals surface area contributed by atoms with E-state index >= 15 is 0 Å². The Kier molecular flexibility index (Phi) is 4.04. The third-order valence-electron chi connectivity index (χ3n) is 1.98. The standard InChI is InChI=1S/C10H15N3O3/c1-7(2)13-6-8(5-11-13)12-9(14)3-4-10(15)16/h5-7H,3-4H2,1-2H3,(H,12,14)(H,15,16). The van der Waals surface area contributed by atoms with Crippen LogP contribution in [-0.4, -0.2) is 26.8 Å². The van der Waals surface area contributed by atoms with E-state index in [2.05, 4.69) is 10.4 Å². The van der Waals surface area contributed by atoms with Crippen molar-refractivity contribution in [2.24, 2.45) is 0 Å². The Morgan fingerprint density at radius 2 is 2.19 bits per heavy atom. The second-order valence-electron chi connectivity index (χ2n) is 3.74. The van der Waals surface area contributed by atoms with Gasteiger partial charge in [-0.3, -0.25) is 14.3 Å². The van der Waals surface area contributed by atoms with Crippen molar-refractivity contribution in [2.75, 3.05) is 5.32 Å². The maximum atomic E-state index is 11.3. The van der Waals surface area contributed by atoms with E-state index in [4.69, 9.17) is 5.11 Å². The molecule has 0 spiro atoms. The lowest BCUT2D eigenvalue weighted by Crippen LogP contribution is -2.12. The molecule has 0 saturated carbocycles. The number of amides is 1. The second-order valence-corrected chi connectivity index (χ2v) is 3.74. The summed E-state index contributed by atoms with van der Waals surface area (Å²) in [6, 6.07) is 0.227. The highest BCUT2D eigenvalue weighted by molar-refractivity contribution is 5.92. The molecule has 0 aliphatic carbocycles. The van der Waals surface area contributed by atoms with Gasteiger partial charge in [0, 0.05) is 18.7 Å². The molecule has 0 fully saturated rings. The largest absolute Gasteiger partial charge is 0.481 e. The van der Waals surface area contributed by atoms with Gasteiger partial charge in [-0.2, -0.15) is 5.10 Å². The van der Waals surface area contributed by atoms with Crippen LogP contribution in [0.3, 0.4) is 0 Å². The van der Waals surface area contributed by atoms with Gasteiger partial charge in [0.25, 0.3) is 0 Å². The summed E-state index contributed by atoms with van der Waals surface area (Å²) >= 11 is 0. The molecule has 0 unspecified atom stereocenters. The average molecular weight is 225 g/mol. The molecular weight excluding hydrogens is 210 g/mol.